The Kier molecular flexibility index (Phi) is 6.91. The number of carboxylic acid groups (broad SMARTS) is 1. The molecule has 0 saturated heterocycles. The Balaban J connectivity index is 2.71. The third-order valence-corrected chi connectivity index (χ3v) is 3.24. The Labute approximate surface area is 127 Å². The minimum atomic E-state index is -1.26. The average molecular weight is 314 g/mol. The van der Waals surface area contributed by atoms with Crippen molar-refractivity contribution < 1.29 is 23.5 Å². The number of hydrogen-bond acceptors (Lipinski definition) is 3. The molecule has 0 aromatic heterocycles. The summed E-state index contributed by atoms with van der Waals surface area (Å²) in [6.45, 7) is 1.95. The molecule has 2 unspecified atom stereocenters. The van der Waals surface area contributed by atoms with Crippen LogP contribution in [0.3, 0.4) is 0 Å². The number of hydrogen-bond donors (Lipinski definition) is 3. The fraction of sp³-hybridized carbons (Fsp3) is 0.467. The van der Waals surface area contributed by atoms with Crippen LogP contribution < -0.4 is 11.1 Å². The van der Waals surface area contributed by atoms with E-state index in [1.165, 1.54) is 6.07 Å². The largest absolute Gasteiger partial charge is 0.480 e. The number of carbonyl (C=O) groups is 2. The van der Waals surface area contributed by atoms with Crippen LogP contribution in [-0.4, -0.2) is 29.1 Å². The maximum Gasteiger partial charge on any atom is 0.326 e. The molecule has 0 aliphatic heterocycles. The van der Waals surface area contributed by atoms with E-state index < -0.39 is 35.6 Å². The van der Waals surface area contributed by atoms with E-state index in [0.29, 0.717) is 6.42 Å². The number of nitrogens with one attached hydrogen (secondary N) is 1. The molecule has 4 N–H and O–H groups in total. The summed E-state index contributed by atoms with van der Waals surface area (Å²) in [5.41, 5.74) is 5.95. The SMILES string of the molecule is CCCCC(N)C(=O)NC(Cc1ccc(F)c(F)c1)C(=O)O. The van der Waals surface area contributed by atoms with E-state index in [-0.39, 0.29) is 12.0 Å². The maximum absolute atomic E-state index is 13.1. The molecular weight excluding hydrogens is 294 g/mol. The number of aliphatic carboxylic acids is 1. The summed E-state index contributed by atoms with van der Waals surface area (Å²) in [5.74, 6) is -3.90. The molecule has 5 nitrogen and oxygen atoms in total. The van der Waals surface area contributed by atoms with Crippen molar-refractivity contribution in [1.29, 1.82) is 0 Å². The number of unbranched alkanes of at least 4 members (excludes halogenated alkanes) is 1. The van der Waals surface area contributed by atoms with Crippen LogP contribution in [-0.2, 0) is 16.0 Å². The first-order valence-electron chi connectivity index (χ1n) is 7.07. The van der Waals surface area contributed by atoms with E-state index in [0.717, 1.165) is 25.0 Å². The van der Waals surface area contributed by atoms with Crippen LogP contribution in [0.1, 0.15) is 31.7 Å². The second-order valence-corrected chi connectivity index (χ2v) is 5.10. The highest BCUT2D eigenvalue weighted by molar-refractivity contribution is 5.86. The zero-order valence-corrected chi connectivity index (χ0v) is 12.3. The summed E-state index contributed by atoms with van der Waals surface area (Å²) < 4.78 is 26.0. The molecule has 1 aromatic rings. The zero-order valence-electron chi connectivity index (χ0n) is 12.3. The Morgan fingerprint density at radius 3 is 2.55 bits per heavy atom. The monoisotopic (exact) mass is 314 g/mol. The molecule has 1 aromatic carbocycles. The smallest absolute Gasteiger partial charge is 0.326 e. The van der Waals surface area contributed by atoms with Crippen LogP contribution in [0.4, 0.5) is 8.78 Å². The maximum atomic E-state index is 13.1. The molecule has 7 heteroatoms. The summed E-state index contributed by atoms with van der Waals surface area (Å²) in [5, 5.41) is 11.5. The van der Waals surface area contributed by atoms with Gasteiger partial charge in [0.25, 0.3) is 0 Å². The molecule has 0 bridgehead atoms. The van der Waals surface area contributed by atoms with E-state index in [9.17, 15) is 18.4 Å². The number of amides is 1. The van der Waals surface area contributed by atoms with Gasteiger partial charge in [-0.25, -0.2) is 13.6 Å². The van der Waals surface area contributed by atoms with Crippen LogP contribution in [0.15, 0.2) is 18.2 Å². The van der Waals surface area contributed by atoms with Crippen molar-refractivity contribution in [2.45, 2.75) is 44.7 Å². The lowest BCUT2D eigenvalue weighted by atomic mass is 10.0. The quantitative estimate of drug-likeness (QED) is 0.679. The summed E-state index contributed by atoms with van der Waals surface area (Å²) in [7, 11) is 0. The van der Waals surface area contributed by atoms with E-state index >= 15 is 0 Å². The van der Waals surface area contributed by atoms with Gasteiger partial charge in [-0.2, -0.15) is 0 Å². The normalized spacial score (nSPS) is 13.5. The first kappa shape index (κ1) is 18.0. The van der Waals surface area contributed by atoms with Gasteiger partial charge in [-0.1, -0.05) is 25.8 Å². The summed E-state index contributed by atoms with van der Waals surface area (Å²) in [6.07, 6.45) is 1.94. The molecule has 0 aliphatic carbocycles. The van der Waals surface area contributed by atoms with Crippen molar-refractivity contribution in [3.05, 3.63) is 35.4 Å². The Morgan fingerprint density at radius 1 is 1.32 bits per heavy atom. The predicted molar refractivity (Wildman–Crippen MR) is 77.1 cm³/mol. The molecule has 1 amide bonds. The zero-order chi connectivity index (χ0) is 16.7. The van der Waals surface area contributed by atoms with Gasteiger partial charge >= 0.3 is 5.97 Å². The second kappa shape index (κ2) is 8.43. The van der Waals surface area contributed by atoms with E-state index in [2.05, 4.69) is 5.32 Å². The van der Waals surface area contributed by atoms with Gasteiger partial charge in [-0.15, -0.1) is 0 Å². The molecule has 22 heavy (non-hydrogen) atoms. The lowest BCUT2D eigenvalue weighted by Gasteiger charge is -2.18. The fourth-order valence-corrected chi connectivity index (χ4v) is 1.94. The fourth-order valence-electron chi connectivity index (χ4n) is 1.94. The van der Waals surface area contributed by atoms with Gasteiger partial charge in [0.2, 0.25) is 5.91 Å². The van der Waals surface area contributed by atoms with E-state index in [1.807, 2.05) is 6.92 Å². The number of nitrogens with two attached hydrogens (primary N) is 1. The summed E-state index contributed by atoms with van der Waals surface area (Å²) in [6, 6.07) is 1.07. The Morgan fingerprint density at radius 2 is 2.00 bits per heavy atom. The van der Waals surface area contributed by atoms with Gasteiger partial charge in [0, 0.05) is 6.42 Å². The van der Waals surface area contributed by atoms with Crippen molar-refractivity contribution in [1.82, 2.24) is 5.32 Å². The van der Waals surface area contributed by atoms with E-state index in [1.54, 1.807) is 0 Å². The molecule has 0 fully saturated rings. The van der Waals surface area contributed by atoms with Crippen molar-refractivity contribution >= 4 is 11.9 Å². The van der Waals surface area contributed by atoms with Crippen molar-refractivity contribution in [2.24, 2.45) is 5.73 Å². The van der Waals surface area contributed by atoms with Gasteiger partial charge in [-0.05, 0) is 24.1 Å². The summed E-state index contributed by atoms with van der Waals surface area (Å²) >= 11 is 0. The standard InChI is InChI=1S/C15H20F2N2O3/c1-2-3-4-12(18)14(20)19-13(15(21)22)8-9-5-6-10(16)11(17)7-9/h5-7,12-13H,2-4,8,18H2,1H3,(H,19,20)(H,21,22). The van der Waals surface area contributed by atoms with Crippen molar-refractivity contribution in [2.75, 3.05) is 0 Å². The number of rotatable bonds is 8. The second-order valence-electron chi connectivity index (χ2n) is 5.10. The average Bonchev–Trinajstić information content (AvgIpc) is 2.47. The third-order valence-electron chi connectivity index (χ3n) is 3.24. The van der Waals surface area contributed by atoms with Gasteiger partial charge in [0.15, 0.2) is 11.6 Å². The molecular formula is C15H20F2N2O3. The molecule has 0 radical (unpaired) electrons. The molecule has 122 valence electrons. The van der Waals surface area contributed by atoms with Crippen LogP contribution in [0.25, 0.3) is 0 Å². The lowest BCUT2D eigenvalue weighted by molar-refractivity contribution is -0.142. The van der Waals surface area contributed by atoms with Gasteiger partial charge < -0.3 is 16.2 Å². The van der Waals surface area contributed by atoms with Gasteiger partial charge in [0.05, 0.1) is 6.04 Å². The van der Waals surface area contributed by atoms with Crippen LogP contribution in [0.5, 0.6) is 0 Å². The highest BCUT2D eigenvalue weighted by Crippen LogP contribution is 2.11. The minimum Gasteiger partial charge on any atom is -0.480 e. The molecule has 2 atom stereocenters. The topological polar surface area (TPSA) is 92.4 Å². The van der Waals surface area contributed by atoms with Crippen molar-refractivity contribution in [3.63, 3.8) is 0 Å². The van der Waals surface area contributed by atoms with Crippen LogP contribution >= 0.6 is 0 Å². The van der Waals surface area contributed by atoms with Crippen LogP contribution in [0.2, 0.25) is 0 Å². The summed E-state index contributed by atoms with van der Waals surface area (Å²) in [4.78, 5) is 23.0. The van der Waals surface area contributed by atoms with E-state index in [4.69, 9.17) is 10.8 Å². The third kappa shape index (κ3) is 5.40. The molecule has 0 saturated carbocycles. The first-order chi connectivity index (χ1) is 10.3. The predicted octanol–water partition coefficient (Wildman–Crippen LogP) is 1.59. The van der Waals surface area contributed by atoms with Gasteiger partial charge in [0.1, 0.15) is 6.04 Å². The first-order valence-corrected chi connectivity index (χ1v) is 7.07. The highest BCUT2D eigenvalue weighted by Gasteiger charge is 2.23. The van der Waals surface area contributed by atoms with Gasteiger partial charge in [-0.3, -0.25) is 4.79 Å². The number of carbonyl (C=O) groups excluding carboxylic acids is 1. The number of halogens is 2. The molecule has 0 spiro atoms. The lowest BCUT2D eigenvalue weighted by Crippen LogP contribution is -2.49. The molecule has 0 heterocycles. The molecule has 0 aliphatic rings. The van der Waals surface area contributed by atoms with Crippen LogP contribution in [0, 0.1) is 11.6 Å². The number of benzene rings is 1. The molecule has 1 rings (SSSR count). The highest BCUT2D eigenvalue weighted by atomic mass is 19.2. The Hall–Kier alpha value is -2.02. The van der Waals surface area contributed by atoms with Crippen molar-refractivity contribution in [3.8, 4) is 0 Å². The Bertz CT molecular complexity index is 538. The minimum absolute atomic E-state index is 0.154. The number of carboxylic acids is 1.